The third-order valence-corrected chi connectivity index (χ3v) is 3.13. The smallest absolute Gasteiger partial charge is 0.271 e. The van der Waals surface area contributed by atoms with E-state index < -0.39 is 5.60 Å². The van der Waals surface area contributed by atoms with E-state index in [2.05, 4.69) is 29.4 Å². The van der Waals surface area contributed by atoms with E-state index in [0.29, 0.717) is 18.0 Å². The number of aromatic nitrogens is 2. The van der Waals surface area contributed by atoms with E-state index in [1.54, 1.807) is 13.0 Å². The lowest BCUT2D eigenvalue weighted by molar-refractivity contribution is 0.0428. The predicted octanol–water partition coefficient (Wildman–Crippen LogP) is 1.89. The van der Waals surface area contributed by atoms with Gasteiger partial charge in [0.05, 0.1) is 5.60 Å². The molecule has 0 aromatic carbocycles. The fraction of sp³-hybridized carbons (Fsp3) is 0.714. The highest BCUT2D eigenvalue weighted by Crippen LogP contribution is 2.15. The van der Waals surface area contributed by atoms with Crippen molar-refractivity contribution in [2.75, 3.05) is 6.54 Å². The molecule has 0 bridgehead atoms. The third kappa shape index (κ3) is 5.42. The third-order valence-electron chi connectivity index (χ3n) is 3.13. The summed E-state index contributed by atoms with van der Waals surface area (Å²) >= 11 is 0. The molecule has 19 heavy (non-hydrogen) atoms. The first-order valence-electron chi connectivity index (χ1n) is 6.89. The number of carbonyl (C=O) groups is 1. The SMILES string of the molecule is CCc1cc(C(=O)NCC(C)(O)CCC(C)C)n[nH]1. The van der Waals surface area contributed by atoms with Gasteiger partial charge in [-0.3, -0.25) is 9.89 Å². The van der Waals surface area contributed by atoms with E-state index in [0.717, 1.165) is 18.5 Å². The first-order chi connectivity index (χ1) is 8.84. The van der Waals surface area contributed by atoms with Crippen molar-refractivity contribution in [3.63, 3.8) is 0 Å². The van der Waals surface area contributed by atoms with Gasteiger partial charge in [0.2, 0.25) is 0 Å². The molecule has 3 N–H and O–H groups in total. The second kappa shape index (κ2) is 6.70. The average Bonchev–Trinajstić information content (AvgIpc) is 2.82. The summed E-state index contributed by atoms with van der Waals surface area (Å²) in [6.45, 7) is 8.21. The molecular weight excluding hydrogens is 242 g/mol. The van der Waals surface area contributed by atoms with Crippen molar-refractivity contribution in [2.24, 2.45) is 5.92 Å². The second-order valence-corrected chi connectivity index (χ2v) is 5.74. The number of rotatable bonds is 7. The highest BCUT2D eigenvalue weighted by Gasteiger charge is 2.22. The normalized spacial score (nSPS) is 14.4. The predicted molar refractivity (Wildman–Crippen MR) is 75.0 cm³/mol. The first-order valence-corrected chi connectivity index (χ1v) is 6.89. The van der Waals surface area contributed by atoms with Crippen molar-refractivity contribution < 1.29 is 9.90 Å². The van der Waals surface area contributed by atoms with Crippen LogP contribution in [0.5, 0.6) is 0 Å². The number of nitrogens with one attached hydrogen (secondary N) is 2. The molecular formula is C14H25N3O2. The fourth-order valence-corrected chi connectivity index (χ4v) is 1.71. The Bertz CT molecular complexity index is 411. The molecule has 0 radical (unpaired) electrons. The van der Waals surface area contributed by atoms with E-state index in [9.17, 15) is 9.90 Å². The van der Waals surface area contributed by atoms with Crippen LogP contribution in [0.15, 0.2) is 6.07 Å². The van der Waals surface area contributed by atoms with E-state index in [4.69, 9.17) is 0 Å². The number of hydrogen-bond donors (Lipinski definition) is 3. The molecule has 5 nitrogen and oxygen atoms in total. The van der Waals surface area contributed by atoms with Gasteiger partial charge in [-0.05, 0) is 38.2 Å². The van der Waals surface area contributed by atoms with E-state index in [-0.39, 0.29) is 12.5 Å². The van der Waals surface area contributed by atoms with Gasteiger partial charge < -0.3 is 10.4 Å². The van der Waals surface area contributed by atoms with E-state index in [1.807, 2.05) is 6.92 Å². The molecule has 0 spiro atoms. The van der Waals surface area contributed by atoms with Crippen molar-refractivity contribution in [2.45, 2.75) is 52.6 Å². The molecule has 0 saturated carbocycles. The van der Waals surface area contributed by atoms with Gasteiger partial charge in [-0.15, -0.1) is 0 Å². The van der Waals surface area contributed by atoms with Crippen molar-refractivity contribution in [1.29, 1.82) is 0 Å². The minimum atomic E-state index is -0.871. The Morgan fingerprint density at radius 1 is 1.58 bits per heavy atom. The molecule has 0 aliphatic carbocycles. The first kappa shape index (κ1) is 15.7. The molecule has 0 saturated heterocycles. The highest BCUT2D eigenvalue weighted by molar-refractivity contribution is 5.92. The quantitative estimate of drug-likeness (QED) is 0.706. The van der Waals surface area contributed by atoms with Gasteiger partial charge in [-0.1, -0.05) is 20.8 Å². The molecule has 1 heterocycles. The number of hydrogen-bond acceptors (Lipinski definition) is 3. The maximum Gasteiger partial charge on any atom is 0.271 e. The summed E-state index contributed by atoms with van der Waals surface area (Å²) < 4.78 is 0. The topological polar surface area (TPSA) is 78.0 Å². The van der Waals surface area contributed by atoms with Gasteiger partial charge in [0.1, 0.15) is 5.69 Å². The van der Waals surface area contributed by atoms with Crippen molar-refractivity contribution in [3.8, 4) is 0 Å². The van der Waals surface area contributed by atoms with Gasteiger partial charge in [0, 0.05) is 12.2 Å². The number of aryl methyl sites for hydroxylation is 1. The Balaban J connectivity index is 2.44. The number of nitrogens with zero attached hydrogens (tertiary/aromatic N) is 1. The molecule has 5 heteroatoms. The monoisotopic (exact) mass is 267 g/mol. The van der Waals surface area contributed by atoms with E-state index >= 15 is 0 Å². The highest BCUT2D eigenvalue weighted by atomic mass is 16.3. The molecule has 1 unspecified atom stereocenters. The second-order valence-electron chi connectivity index (χ2n) is 5.74. The molecule has 1 atom stereocenters. The van der Waals surface area contributed by atoms with Crippen molar-refractivity contribution in [1.82, 2.24) is 15.5 Å². The van der Waals surface area contributed by atoms with Crippen LogP contribution in [0.4, 0.5) is 0 Å². The summed E-state index contributed by atoms with van der Waals surface area (Å²) in [7, 11) is 0. The number of H-pyrrole nitrogens is 1. The lowest BCUT2D eigenvalue weighted by Crippen LogP contribution is -2.40. The lowest BCUT2D eigenvalue weighted by Gasteiger charge is -2.24. The van der Waals surface area contributed by atoms with Crippen molar-refractivity contribution in [3.05, 3.63) is 17.5 Å². The van der Waals surface area contributed by atoms with Crippen LogP contribution in [-0.2, 0) is 6.42 Å². The fourth-order valence-electron chi connectivity index (χ4n) is 1.71. The number of aromatic amines is 1. The Hall–Kier alpha value is -1.36. The Morgan fingerprint density at radius 3 is 2.79 bits per heavy atom. The van der Waals surface area contributed by atoms with Gasteiger partial charge in [-0.25, -0.2) is 0 Å². The van der Waals surface area contributed by atoms with Gasteiger partial charge in [0.25, 0.3) is 5.91 Å². The molecule has 1 aromatic rings. The summed E-state index contributed by atoms with van der Waals surface area (Å²) in [6.07, 6.45) is 2.42. The molecule has 0 aliphatic heterocycles. The Labute approximate surface area is 114 Å². The molecule has 1 rings (SSSR count). The maximum absolute atomic E-state index is 11.9. The zero-order chi connectivity index (χ0) is 14.5. The summed E-state index contributed by atoms with van der Waals surface area (Å²) in [5, 5.41) is 19.6. The van der Waals surface area contributed by atoms with Gasteiger partial charge in [-0.2, -0.15) is 5.10 Å². The Morgan fingerprint density at radius 2 is 2.26 bits per heavy atom. The summed E-state index contributed by atoms with van der Waals surface area (Å²) in [5.74, 6) is 0.293. The summed E-state index contributed by atoms with van der Waals surface area (Å²) in [6, 6.07) is 1.73. The number of carbonyl (C=O) groups excluding carboxylic acids is 1. The van der Waals surface area contributed by atoms with E-state index in [1.165, 1.54) is 0 Å². The van der Waals surface area contributed by atoms with Crippen LogP contribution in [0, 0.1) is 5.92 Å². The van der Waals surface area contributed by atoms with Gasteiger partial charge in [0.15, 0.2) is 0 Å². The van der Waals surface area contributed by atoms with Crippen LogP contribution >= 0.6 is 0 Å². The molecule has 1 aromatic heterocycles. The van der Waals surface area contributed by atoms with Gasteiger partial charge >= 0.3 is 0 Å². The molecule has 1 amide bonds. The standard InChI is InChI=1S/C14H25N3O2/c1-5-11-8-12(17-16-11)13(18)15-9-14(4,19)7-6-10(2)3/h8,10,19H,5-7,9H2,1-4H3,(H,15,18)(H,16,17). The lowest BCUT2D eigenvalue weighted by atomic mass is 9.95. The van der Waals surface area contributed by atoms with Crippen LogP contribution < -0.4 is 5.32 Å². The van der Waals surface area contributed by atoms with Crippen LogP contribution in [0.3, 0.4) is 0 Å². The largest absolute Gasteiger partial charge is 0.388 e. The zero-order valence-corrected chi connectivity index (χ0v) is 12.3. The minimum Gasteiger partial charge on any atom is -0.388 e. The minimum absolute atomic E-state index is 0.243. The summed E-state index contributed by atoms with van der Waals surface area (Å²) in [4.78, 5) is 11.9. The average molecular weight is 267 g/mol. The molecule has 108 valence electrons. The molecule has 0 aliphatic rings. The van der Waals surface area contributed by atoms with Crippen LogP contribution in [0.2, 0.25) is 0 Å². The zero-order valence-electron chi connectivity index (χ0n) is 12.3. The Kier molecular flexibility index (Phi) is 5.54. The van der Waals surface area contributed by atoms with Crippen LogP contribution in [0.25, 0.3) is 0 Å². The maximum atomic E-state index is 11.9. The summed E-state index contributed by atoms with van der Waals surface area (Å²) in [5.41, 5.74) is 0.428. The molecule has 0 fully saturated rings. The van der Waals surface area contributed by atoms with Crippen LogP contribution in [-0.4, -0.2) is 33.4 Å². The number of amides is 1. The van der Waals surface area contributed by atoms with Crippen LogP contribution in [0.1, 0.15) is 56.7 Å². The number of aliphatic hydroxyl groups is 1. The van der Waals surface area contributed by atoms with Crippen molar-refractivity contribution >= 4 is 5.91 Å².